The van der Waals surface area contributed by atoms with Crippen molar-refractivity contribution in [1.29, 1.82) is 0 Å². The molecule has 0 bridgehead atoms. The van der Waals surface area contributed by atoms with Crippen molar-refractivity contribution in [3.63, 3.8) is 0 Å². The van der Waals surface area contributed by atoms with Gasteiger partial charge in [0.1, 0.15) is 4.88 Å². The van der Waals surface area contributed by atoms with Crippen LogP contribution in [0, 0.1) is 5.92 Å². The molecular weight excluding hydrogens is 376 g/mol. The molecule has 1 heterocycles. The number of thiophene rings is 1. The lowest BCUT2D eigenvalue weighted by Gasteiger charge is -2.19. The maximum absolute atomic E-state index is 12.3. The molecule has 1 atom stereocenters. The van der Waals surface area contributed by atoms with Gasteiger partial charge in [-0.05, 0) is 61.1 Å². The van der Waals surface area contributed by atoms with Gasteiger partial charge in [0.25, 0.3) is 5.91 Å². The number of carbonyl (C=O) groups excluding carboxylic acids is 3. The van der Waals surface area contributed by atoms with Gasteiger partial charge in [-0.15, -0.1) is 11.3 Å². The number of carbonyl (C=O) groups is 3. The first kappa shape index (κ1) is 20.1. The van der Waals surface area contributed by atoms with Crippen LogP contribution in [0.3, 0.4) is 0 Å². The average molecular weight is 401 g/mol. The number of amides is 2. The summed E-state index contributed by atoms with van der Waals surface area (Å²) in [6.07, 6.45) is 4.36. The zero-order valence-electron chi connectivity index (χ0n) is 16.0. The summed E-state index contributed by atoms with van der Waals surface area (Å²) in [6.45, 7) is 3.28. The summed E-state index contributed by atoms with van der Waals surface area (Å²) in [5.74, 6) is -0.338. The number of benzene rings is 1. The van der Waals surface area contributed by atoms with Crippen molar-refractivity contribution in [3.05, 3.63) is 45.6 Å². The van der Waals surface area contributed by atoms with Crippen LogP contribution in [-0.4, -0.2) is 24.4 Å². The van der Waals surface area contributed by atoms with Crippen molar-refractivity contribution in [2.24, 2.45) is 5.92 Å². The van der Waals surface area contributed by atoms with Gasteiger partial charge >= 0.3 is 5.97 Å². The molecule has 7 heteroatoms. The highest BCUT2D eigenvalue weighted by Crippen LogP contribution is 2.33. The third kappa shape index (κ3) is 5.19. The van der Waals surface area contributed by atoms with Crippen molar-refractivity contribution in [2.75, 3.05) is 17.2 Å². The highest BCUT2D eigenvalue weighted by Gasteiger charge is 2.23. The zero-order chi connectivity index (χ0) is 20.1. The highest BCUT2D eigenvalue weighted by molar-refractivity contribution is 7.14. The van der Waals surface area contributed by atoms with E-state index in [1.165, 1.54) is 35.1 Å². The lowest BCUT2D eigenvalue weighted by molar-refractivity contribution is -0.119. The van der Waals surface area contributed by atoms with Gasteiger partial charge in [0.15, 0.2) is 6.61 Å². The van der Waals surface area contributed by atoms with Crippen LogP contribution in [-0.2, 0) is 27.2 Å². The van der Waals surface area contributed by atoms with Gasteiger partial charge in [-0.2, -0.15) is 0 Å². The maximum atomic E-state index is 12.3. The van der Waals surface area contributed by atoms with Crippen molar-refractivity contribution in [2.45, 2.75) is 39.5 Å². The molecule has 0 fully saturated rings. The van der Waals surface area contributed by atoms with E-state index < -0.39 is 11.9 Å². The summed E-state index contributed by atoms with van der Waals surface area (Å²) in [6, 6.07) is 8.62. The van der Waals surface area contributed by atoms with Gasteiger partial charge in [0.05, 0.1) is 0 Å². The molecule has 28 heavy (non-hydrogen) atoms. The number of anilines is 2. The van der Waals surface area contributed by atoms with Crippen LogP contribution < -0.4 is 10.6 Å². The summed E-state index contributed by atoms with van der Waals surface area (Å²) >= 11 is 1.48. The van der Waals surface area contributed by atoms with Crippen LogP contribution in [0.4, 0.5) is 11.4 Å². The Labute approximate surface area is 168 Å². The van der Waals surface area contributed by atoms with Crippen LogP contribution in [0.1, 0.15) is 46.8 Å². The molecule has 2 N–H and O–H groups in total. The summed E-state index contributed by atoms with van der Waals surface area (Å²) in [5, 5.41) is 5.32. The molecule has 0 spiro atoms. The van der Waals surface area contributed by atoms with E-state index in [1.54, 1.807) is 24.3 Å². The largest absolute Gasteiger partial charge is 0.451 e. The van der Waals surface area contributed by atoms with Gasteiger partial charge in [-0.25, -0.2) is 4.79 Å². The van der Waals surface area contributed by atoms with Crippen LogP contribution in [0.5, 0.6) is 0 Å². The number of hydrogen-bond acceptors (Lipinski definition) is 5. The second-order valence-electron chi connectivity index (χ2n) is 6.96. The van der Waals surface area contributed by atoms with Crippen molar-refractivity contribution in [3.8, 4) is 0 Å². The third-order valence-corrected chi connectivity index (χ3v) is 6.00. The Bertz CT molecular complexity index is 873. The number of esters is 1. The standard InChI is InChI=1S/C21H24N2O4S/c1-3-14-4-9-18-15(10-14)11-19(28-18)21(26)27-12-20(25)23-17-7-5-16(6-8-17)22-13(2)24/h5-8,11,14H,3-4,9-10,12H2,1-2H3,(H,22,24)(H,23,25). The Hall–Kier alpha value is -2.67. The summed E-state index contributed by atoms with van der Waals surface area (Å²) in [7, 11) is 0. The van der Waals surface area contributed by atoms with Gasteiger partial charge in [0, 0.05) is 23.2 Å². The van der Waals surface area contributed by atoms with Crippen molar-refractivity contribution in [1.82, 2.24) is 0 Å². The van der Waals surface area contributed by atoms with Crippen molar-refractivity contribution >= 4 is 40.5 Å². The zero-order valence-corrected chi connectivity index (χ0v) is 16.9. The minimum absolute atomic E-state index is 0.163. The SMILES string of the molecule is CCC1CCc2sc(C(=O)OCC(=O)Nc3ccc(NC(C)=O)cc3)cc2C1. The molecule has 1 aromatic carbocycles. The summed E-state index contributed by atoms with van der Waals surface area (Å²) in [5.41, 5.74) is 2.45. The number of ether oxygens (including phenoxy) is 1. The summed E-state index contributed by atoms with van der Waals surface area (Å²) < 4.78 is 5.17. The number of fused-ring (bicyclic) bond motifs is 1. The fraction of sp³-hybridized carbons (Fsp3) is 0.381. The molecular formula is C21H24N2O4S. The molecule has 3 rings (SSSR count). The Morgan fingerprint density at radius 2 is 1.82 bits per heavy atom. The fourth-order valence-corrected chi connectivity index (χ4v) is 4.39. The number of rotatable bonds is 6. The number of nitrogens with one attached hydrogen (secondary N) is 2. The van der Waals surface area contributed by atoms with E-state index in [4.69, 9.17) is 4.74 Å². The minimum Gasteiger partial charge on any atom is -0.451 e. The van der Waals surface area contributed by atoms with E-state index in [-0.39, 0.29) is 12.5 Å². The predicted molar refractivity (Wildman–Crippen MR) is 110 cm³/mol. The molecule has 0 saturated heterocycles. The molecule has 1 aliphatic rings. The van der Waals surface area contributed by atoms with Gasteiger partial charge in [-0.3, -0.25) is 9.59 Å². The number of hydrogen-bond donors (Lipinski definition) is 2. The molecule has 0 radical (unpaired) electrons. The topological polar surface area (TPSA) is 84.5 Å². The Morgan fingerprint density at radius 3 is 2.46 bits per heavy atom. The maximum Gasteiger partial charge on any atom is 0.348 e. The lowest BCUT2D eigenvalue weighted by Crippen LogP contribution is -2.20. The third-order valence-electron chi connectivity index (χ3n) is 4.79. The first-order chi connectivity index (χ1) is 13.4. The molecule has 1 unspecified atom stereocenters. The first-order valence-corrected chi connectivity index (χ1v) is 10.2. The van der Waals surface area contributed by atoms with Gasteiger partial charge in [0.2, 0.25) is 5.91 Å². The highest BCUT2D eigenvalue weighted by atomic mass is 32.1. The van der Waals surface area contributed by atoms with Crippen LogP contribution in [0.15, 0.2) is 30.3 Å². The second-order valence-corrected chi connectivity index (χ2v) is 8.10. The molecule has 2 amide bonds. The lowest BCUT2D eigenvalue weighted by atomic mass is 9.87. The molecule has 2 aromatic rings. The Kier molecular flexibility index (Phi) is 6.46. The molecule has 1 aromatic heterocycles. The van der Waals surface area contributed by atoms with Crippen LogP contribution in [0.2, 0.25) is 0 Å². The van der Waals surface area contributed by atoms with E-state index in [0.717, 1.165) is 19.3 Å². The minimum atomic E-state index is -0.455. The molecule has 1 aliphatic carbocycles. The quantitative estimate of drug-likeness (QED) is 0.718. The van der Waals surface area contributed by atoms with Gasteiger partial charge in [-0.1, -0.05) is 13.3 Å². The Morgan fingerprint density at radius 1 is 1.14 bits per heavy atom. The predicted octanol–water partition coefficient (Wildman–Crippen LogP) is 4.02. The number of aryl methyl sites for hydroxylation is 1. The molecule has 6 nitrogen and oxygen atoms in total. The second kappa shape index (κ2) is 9.01. The van der Waals surface area contributed by atoms with Gasteiger partial charge < -0.3 is 15.4 Å². The summed E-state index contributed by atoms with van der Waals surface area (Å²) in [4.78, 5) is 37.2. The van der Waals surface area contributed by atoms with Crippen LogP contribution in [0.25, 0.3) is 0 Å². The molecule has 0 saturated carbocycles. The van der Waals surface area contributed by atoms with E-state index >= 15 is 0 Å². The van der Waals surface area contributed by atoms with E-state index in [2.05, 4.69) is 17.6 Å². The average Bonchev–Trinajstić information content (AvgIpc) is 3.10. The van der Waals surface area contributed by atoms with E-state index in [9.17, 15) is 14.4 Å². The fourth-order valence-electron chi connectivity index (χ4n) is 3.29. The molecule has 0 aliphatic heterocycles. The van der Waals surface area contributed by atoms with E-state index in [0.29, 0.717) is 22.2 Å². The monoisotopic (exact) mass is 400 g/mol. The van der Waals surface area contributed by atoms with E-state index in [1.807, 2.05) is 6.07 Å². The van der Waals surface area contributed by atoms with Crippen molar-refractivity contribution < 1.29 is 19.1 Å². The van der Waals surface area contributed by atoms with Crippen LogP contribution >= 0.6 is 11.3 Å². The Balaban J connectivity index is 1.50. The normalized spacial score (nSPS) is 15.4. The smallest absolute Gasteiger partial charge is 0.348 e. The first-order valence-electron chi connectivity index (χ1n) is 9.40. The molecule has 148 valence electrons.